The third kappa shape index (κ3) is 6.56. The topological polar surface area (TPSA) is 117 Å². The maximum absolute atomic E-state index is 12.6. The summed E-state index contributed by atoms with van der Waals surface area (Å²) in [5.41, 5.74) is 0.607. The summed E-state index contributed by atoms with van der Waals surface area (Å²) >= 11 is 0. The van der Waals surface area contributed by atoms with Crippen molar-refractivity contribution in [1.82, 2.24) is 5.32 Å². The number of para-hydroxylation sites is 2. The second-order valence-corrected chi connectivity index (χ2v) is 7.04. The Bertz CT molecular complexity index is 1000. The highest BCUT2D eigenvalue weighted by molar-refractivity contribution is 5.93. The first-order valence-corrected chi connectivity index (χ1v) is 9.89. The summed E-state index contributed by atoms with van der Waals surface area (Å²) in [5.74, 6) is -0.170. The Morgan fingerprint density at radius 1 is 1.09 bits per heavy atom. The summed E-state index contributed by atoms with van der Waals surface area (Å²) in [6.45, 7) is 3.39. The van der Waals surface area contributed by atoms with Gasteiger partial charge in [0.1, 0.15) is 0 Å². The van der Waals surface area contributed by atoms with E-state index in [1.165, 1.54) is 44.6 Å². The van der Waals surface area contributed by atoms with Gasteiger partial charge in [0.2, 0.25) is 5.91 Å². The second-order valence-electron chi connectivity index (χ2n) is 7.04. The second kappa shape index (κ2) is 11.5. The van der Waals surface area contributed by atoms with Crippen LogP contribution in [0.25, 0.3) is 6.08 Å². The third-order valence-corrected chi connectivity index (χ3v) is 4.41. The molecule has 1 unspecified atom stereocenters. The predicted octanol–water partition coefficient (Wildman–Crippen LogP) is 3.82. The summed E-state index contributed by atoms with van der Waals surface area (Å²) in [6, 6.07) is 10.2. The molecule has 0 saturated heterocycles. The van der Waals surface area contributed by atoms with Gasteiger partial charge in [0.05, 0.1) is 43.3 Å². The number of nitrogens with one attached hydrogen (secondary N) is 1. The number of hydrogen-bond donors (Lipinski definition) is 1. The largest absolute Gasteiger partial charge is 0.493 e. The van der Waals surface area contributed by atoms with E-state index in [0.29, 0.717) is 17.1 Å². The number of carbonyl (C=O) groups excluding carboxylic acids is 2. The van der Waals surface area contributed by atoms with Gasteiger partial charge < -0.3 is 19.5 Å². The minimum absolute atomic E-state index is 0.200. The van der Waals surface area contributed by atoms with E-state index in [1.807, 2.05) is 0 Å². The molecule has 0 aliphatic rings. The molecule has 9 heteroatoms. The number of esters is 1. The zero-order valence-corrected chi connectivity index (χ0v) is 18.4. The highest BCUT2D eigenvalue weighted by Crippen LogP contribution is 2.31. The van der Waals surface area contributed by atoms with Crippen LogP contribution in [0.1, 0.15) is 37.4 Å². The van der Waals surface area contributed by atoms with Crippen molar-refractivity contribution in [3.8, 4) is 11.5 Å². The molecule has 2 aromatic rings. The monoisotopic (exact) mass is 442 g/mol. The number of nitro groups is 1. The zero-order chi connectivity index (χ0) is 23.7. The lowest BCUT2D eigenvalue weighted by atomic mass is 10.0. The van der Waals surface area contributed by atoms with Gasteiger partial charge in [-0.15, -0.1) is 0 Å². The Morgan fingerprint density at radius 3 is 2.44 bits per heavy atom. The van der Waals surface area contributed by atoms with Crippen LogP contribution in [-0.4, -0.2) is 37.1 Å². The lowest BCUT2D eigenvalue weighted by Gasteiger charge is -2.18. The quantitative estimate of drug-likeness (QED) is 0.257. The first-order valence-electron chi connectivity index (χ1n) is 9.89. The van der Waals surface area contributed by atoms with E-state index in [4.69, 9.17) is 14.2 Å². The van der Waals surface area contributed by atoms with Crippen molar-refractivity contribution in [2.24, 2.45) is 0 Å². The normalized spacial score (nSPS) is 11.8. The van der Waals surface area contributed by atoms with Crippen LogP contribution in [0.2, 0.25) is 0 Å². The van der Waals surface area contributed by atoms with Crippen LogP contribution < -0.4 is 14.8 Å². The number of amides is 1. The molecule has 0 radical (unpaired) electrons. The lowest BCUT2D eigenvalue weighted by Crippen LogP contribution is -2.30. The van der Waals surface area contributed by atoms with Crippen molar-refractivity contribution in [3.63, 3.8) is 0 Å². The van der Waals surface area contributed by atoms with Gasteiger partial charge in [-0.2, -0.15) is 0 Å². The number of methoxy groups -OCH3 is 2. The van der Waals surface area contributed by atoms with Gasteiger partial charge in [0, 0.05) is 17.7 Å². The molecule has 2 rings (SSSR count). The van der Waals surface area contributed by atoms with Crippen molar-refractivity contribution < 1.29 is 28.7 Å². The summed E-state index contributed by atoms with van der Waals surface area (Å²) < 4.78 is 15.7. The van der Waals surface area contributed by atoms with Crippen LogP contribution in [0.4, 0.5) is 5.69 Å². The lowest BCUT2D eigenvalue weighted by molar-refractivity contribution is -0.385. The molecule has 0 aliphatic carbocycles. The third-order valence-electron chi connectivity index (χ3n) is 4.41. The van der Waals surface area contributed by atoms with Gasteiger partial charge in [-0.1, -0.05) is 30.3 Å². The number of ether oxygens (including phenoxy) is 3. The molecule has 0 aromatic heterocycles. The number of hydrogen-bond acceptors (Lipinski definition) is 7. The molecule has 0 spiro atoms. The van der Waals surface area contributed by atoms with E-state index >= 15 is 0 Å². The fourth-order valence-corrected chi connectivity index (χ4v) is 3.09. The number of nitro benzene ring substituents is 1. The van der Waals surface area contributed by atoms with E-state index in [2.05, 4.69) is 5.32 Å². The highest BCUT2D eigenvalue weighted by Gasteiger charge is 2.26. The van der Waals surface area contributed by atoms with Crippen molar-refractivity contribution in [1.29, 1.82) is 0 Å². The van der Waals surface area contributed by atoms with Crippen molar-refractivity contribution in [2.45, 2.75) is 32.4 Å². The molecular formula is C23H26N2O7. The Morgan fingerprint density at radius 2 is 1.81 bits per heavy atom. The maximum Gasteiger partial charge on any atom is 0.308 e. The summed E-state index contributed by atoms with van der Waals surface area (Å²) in [4.78, 5) is 35.8. The average molecular weight is 442 g/mol. The molecule has 0 bridgehead atoms. The minimum Gasteiger partial charge on any atom is -0.493 e. The fourth-order valence-electron chi connectivity index (χ4n) is 3.09. The average Bonchev–Trinajstić information content (AvgIpc) is 2.76. The van der Waals surface area contributed by atoms with E-state index in [0.717, 1.165) is 0 Å². The molecule has 0 fully saturated rings. The van der Waals surface area contributed by atoms with Crippen molar-refractivity contribution in [2.75, 3.05) is 14.2 Å². The molecule has 0 heterocycles. The number of rotatable bonds is 10. The van der Waals surface area contributed by atoms with E-state index in [-0.39, 0.29) is 23.8 Å². The van der Waals surface area contributed by atoms with Gasteiger partial charge in [-0.3, -0.25) is 19.7 Å². The Labute approximate surface area is 186 Å². The van der Waals surface area contributed by atoms with Crippen LogP contribution >= 0.6 is 0 Å². The molecular weight excluding hydrogens is 416 g/mol. The Hall–Kier alpha value is -3.88. The van der Waals surface area contributed by atoms with E-state index in [9.17, 15) is 19.7 Å². The Kier molecular flexibility index (Phi) is 8.76. The van der Waals surface area contributed by atoms with Crippen molar-refractivity contribution in [3.05, 3.63) is 69.8 Å². The zero-order valence-electron chi connectivity index (χ0n) is 18.4. The molecule has 1 amide bonds. The van der Waals surface area contributed by atoms with Crippen LogP contribution in [0, 0.1) is 10.1 Å². The summed E-state index contributed by atoms with van der Waals surface area (Å²) in [6.07, 6.45) is 2.17. The van der Waals surface area contributed by atoms with Crippen molar-refractivity contribution >= 4 is 23.6 Å². The predicted molar refractivity (Wildman–Crippen MR) is 118 cm³/mol. The smallest absolute Gasteiger partial charge is 0.308 e. The van der Waals surface area contributed by atoms with Gasteiger partial charge in [-0.25, -0.2) is 0 Å². The van der Waals surface area contributed by atoms with Gasteiger partial charge in [-0.05, 0) is 26.0 Å². The number of carbonyl (C=O) groups is 2. The molecule has 9 nitrogen and oxygen atoms in total. The summed E-state index contributed by atoms with van der Waals surface area (Å²) in [7, 11) is 2.99. The minimum atomic E-state index is -0.952. The first kappa shape index (κ1) is 24.4. The van der Waals surface area contributed by atoms with Gasteiger partial charge in [0.15, 0.2) is 11.5 Å². The van der Waals surface area contributed by atoms with Crippen LogP contribution in [0.3, 0.4) is 0 Å². The standard InChI is InChI=1S/C23H26N2O7/c1-15(2)32-22(27)14-18(17-9-5-6-10-19(17)25(28)29)24-21(26)13-12-16-8-7-11-20(30-3)23(16)31-4/h5-13,15,18H,14H2,1-4H3,(H,24,26)/b13-12+. The van der Waals surface area contributed by atoms with Crippen LogP contribution in [0.5, 0.6) is 11.5 Å². The molecule has 0 aliphatic heterocycles. The molecule has 1 N–H and O–H groups in total. The SMILES string of the molecule is COc1cccc(/C=C/C(=O)NC(CC(=O)OC(C)C)c2ccccc2[N+](=O)[O-])c1OC. The fraction of sp³-hybridized carbons (Fsp3) is 0.304. The molecule has 0 saturated carbocycles. The molecule has 170 valence electrons. The number of benzene rings is 2. The van der Waals surface area contributed by atoms with Crippen LogP contribution in [0.15, 0.2) is 48.5 Å². The highest BCUT2D eigenvalue weighted by atomic mass is 16.6. The number of nitrogens with zero attached hydrogens (tertiary/aromatic N) is 1. The molecule has 2 aromatic carbocycles. The Balaban J connectivity index is 2.30. The molecule has 1 atom stereocenters. The van der Waals surface area contributed by atoms with Gasteiger partial charge >= 0.3 is 5.97 Å². The van der Waals surface area contributed by atoms with Gasteiger partial charge in [0.25, 0.3) is 5.69 Å². The molecule has 32 heavy (non-hydrogen) atoms. The van der Waals surface area contributed by atoms with E-state index in [1.54, 1.807) is 38.1 Å². The van der Waals surface area contributed by atoms with E-state index < -0.39 is 22.8 Å². The maximum atomic E-state index is 12.6. The first-order chi connectivity index (χ1) is 15.3. The van der Waals surface area contributed by atoms with Crippen LogP contribution in [-0.2, 0) is 14.3 Å². The summed E-state index contributed by atoms with van der Waals surface area (Å²) in [5, 5.41) is 14.1.